The minimum Gasteiger partial charge on any atom is -0.390 e. The Labute approximate surface area is 181 Å². The molecule has 0 saturated carbocycles. The predicted octanol–water partition coefficient (Wildman–Crippen LogP) is 3.63. The number of hydrogen-bond acceptors (Lipinski definition) is 8. The highest BCUT2D eigenvalue weighted by Gasteiger charge is 2.39. The Morgan fingerprint density at radius 3 is 2.71 bits per heavy atom. The molecular formula is C22H28FN7O. The quantitative estimate of drug-likeness (QED) is 0.570. The SMILES string of the molecule is CNc1ncc(C(C)C)c2cc(Nc3ccnc(N4CCC(O)C(C)(F)C4)n3)ncc12. The topological polar surface area (TPSA) is 99.1 Å². The van der Waals surface area contributed by atoms with E-state index in [-0.39, 0.29) is 6.54 Å². The van der Waals surface area contributed by atoms with Crippen molar-refractivity contribution in [2.24, 2.45) is 0 Å². The minimum absolute atomic E-state index is 0.0450. The van der Waals surface area contributed by atoms with Crippen LogP contribution in [-0.2, 0) is 0 Å². The van der Waals surface area contributed by atoms with Crippen LogP contribution >= 0.6 is 0 Å². The molecule has 31 heavy (non-hydrogen) atoms. The maximum Gasteiger partial charge on any atom is 0.227 e. The summed E-state index contributed by atoms with van der Waals surface area (Å²) in [6.45, 7) is 6.21. The highest BCUT2D eigenvalue weighted by molar-refractivity contribution is 5.95. The first-order valence-corrected chi connectivity index (χ1v) is 10.5. The predicted molar refractivity (Wildman–Crippen MR) is 121 cm³/mol. The maximum atomic E-state index is 14.6. The third-order valence-corrected chi connectivity index (χ3v) is 5.71. The van der Waals surface area contributed by atoms with E-state index < -0.39 is 11.8 Å². The summed E-state index contributed by atoms with van der Waals surface area (Å²) < 4.78 is 14.6. The van der Waals surface area contributed by atoms with Crippen molar-refractivity contribution in [1.82, 2.24) is 19.9 Å². The molecule has 3 N–H and O–H groups in total. The van der Waals surface area contributed by atoms with Crippen LogP contribution < -0.4 is 15.5 Å². The van der Waals surface area contributed by atoms with Gasteiger partial charge in [-0.3, -0.25) is 0 Å². The number of rotatable bonds is 5. The van der Waals surface area contributed by atoms with E-state index in [1.807, 2.05) is 19.3 Å². The van der Waals surface area contributed by atoms with Crippen LogP contribution in [0.15, 0.2) is 30.7 Å². The molecule has 2 unspecified atom stereocenters. The van der Waals surface area contributed by atoms with Crippen LogP contribution in [0, 0.1) is 0 Å². The first-order valence-electron chi connectivity index (χ1n) is 10.5. The van der Waals surface area contributed by atoms with E-state index in [9.17, 15) is 9.50 Å². The van der Waals surface area contributed by atoms with Gasteiger partial charge in [-0.25, -0.2) is 19.3 Å². The molecule has 4 heterocycles. The smallest absolute Gasteiger partial charge is 0.227 e. The first-order chi connectivity index (χ1) is 14.8. The zero-order valence-corrected chi connectivity index (χ0v) is 18.2. The van der Waals surface area contributed by atoms with Crippen LogP contribution in [0.4, 0.5) is 27.8 Å². The molecule has 1 aliphatic heterocycles. The molecule has 0 aliphatic carbocycles. The van der Waals surface area contributed by atoms with Crippen LogP contribution in [0.5, 0.6) is 0 Å². The van der Waals surface area contributed by atoms with Gasteiger partial charge in [-0.05, 0) is 42.3 Å². The molecule has 0 spiro atoms. The summed E-state index contributed by atoms with van der Waals surface area (Å²) in [5, 5.41) is 18.2. The van der Waals surface area contributed by atoms with E-state index in [0.717, 1.165) is 22.2 Å². The molecule has 1 aliphatic rings. The second kappa shape index (κ2) is 8.22. The molecule has 2 atom stereocenters. The lowest BCUT2D eigenvalue weighted by molar-refractivity contribution is -0.00860. The fourth-order valence-corrected chi connectivity index (χ4v) is 3.89. The number of hydrogen-bond donors (Lipinski definition) is 3. The molecule has 0 radical (unpaired) electrons. The number of nitrogens with zero attached hydrogens (tertiary/aromatic N) is 5. The average molecular weight is 426 g/mol. The summed E-state index contributed by atoms with van der Waals surface area (Å²) in [5.74, 6) is 2.73. The van der Waals surface area contributed by atoms with Crippen molar-refractivity contribution in [2.45, 2.75) is 44.9 Å². The normalized spacial score (nSPS) is 21.5. The number of pyridine rings is 2. The third kappa shape index (κ3) is 4.23. The van der Waals surface area contributed by atoms with Crippen LogP contribution in [0.25, 0.3) is 10.8 Å². The molecular weight excluding hydrogens is 397 g/mol. The van der Waals surface area contributed by atoms with E-state index in [1.54, 1.807) is 23.4 Å². The number of anilines is 4. The van der Waals surface area contributed by atoms with Gasteiger partial charge in [-0.1, -0.05) is 13.8 Å². The molecule has 0 aromatic carbocycles. The van der Waals surface area contributed by atoms with Gasteiger partial charge in [0.05, 0.1) is 12.6 Å². The highest BCUT2D eigenvalue weighted by atomic mass is 19.1. The fourth-order valence-electron chi connectivity index (χ4n) is 3.89. The van der Waals surface area contributed by atoms with Crippen LogP contribution in [0.3, 0.4) is 0 Å². The Kier molecular flexibility index (Phi) is 5.62. The number of piperidine rings is 1. The number of aromatic nitrogens is 4. The summed E-state index contributed by atoms with van der Waals surface area (Å²) in [4.78, 5) is 19.6. The summed E-state index contributed by atoms with van der Waals surface area (Å²) in [6, 6.07) is 3.74. The second-order valence-electron chi connectivity index (χ2n) is 8.45. The lowest BCUT2D eigenvalue weighted by Crippen LogP contribution is -2.52. The third-order valence-electron chi connectivity index (χ3n) is 5.71. The monoisotopic (exact) mass is 425 g/mol. The summed E-state index contributed by atoms with van der Waals surface area (Å²) in [5.41, 5.74) is -0.561. The largest absolute Gasteiger partial charge is 0.390 e. The van der Waals surface area contributed by atoms with Crippen molar-refractivity contribution >= 4 is 34.2 Å². The molecule has 0 amide bonds. The van der Waals surface area contributed by atoms with E-state index in [4.69, 9.17) is 0 Å². The van der Waals surface area contributed by atoms with Crippen LogP contribution in [0.1, 0.15) is 38.7 Å². The Morgan fingerprint density at radius 1 is 1.19 bits per heavy atom. The Balaban J connectivity index is 1.62. The van der Waals surface area contributed by atoms with Gasteiger partial charge >= 0.3 is 0 Å². The molecule has 9 heteroatoms. The molecule has 164 valence electrons. The lowest BCUT2D eigenvalue weighted by atomic mass is 9.94. The number of halogens is 1. The molecule has 3 aromatic heterocycles. The van der Waals surface area contributed by atoms with Crippen molar-refractivity contribution < 1.29 is 9.50 Å². The van der Waals surface area contributed by atoms with Crippen molar-refractivity contribution in [3.8, 4) is 0 Å². The number of alkyl halides is 1. The number of nitrogens with one attached hydrogen (secondary N) is 2. The van der Waals surface area contributed by atoms with E-state index in [2.05, 4.69) is 44.4 Å². The molecule has 8 nitrogen and oxygen atoms in total. The summed E-state index contributed by atoms with van der Waals surface area (Å²) in [7, 11) is 1.84. The number of aliphatic hydroxyl groups is 1. The second-order valence-corrected chi connectivity index (χ2v) is 8.45. The van der Waals surface area contributed by atoms with E-state index in [1.165, 1.54) is 6.92 Å². The van der Waals surface area contributed by atoms with Gasteiger partial charge in [0.1, 0.15) is 17.5 Å². The van der Waals surface area contributed by atoms with Gasteiger partial charge in [0.15, 0.2) is 5.67 Å². The van der Waals surface area contributed by atoms with Crippen molar-refractivity contribution in [2.75, 3.05) is 35.7 Å². The molecule has 1 saturated heterocycles. The van der Waals surface area contributed by atoms with Gasteiger partial charge < -0.3 is 20.6 Å². The van der Waals surface area contributed by atoms with E-state index >= 15 is 0 Å². The number of fused-ring (bicyclic) bond motifs is 1. The average Bonchev–Trinajstić information content (AvgIpc) is 2.74. The maximum absolute atomic E-state index is 14.6. The van der Waals surface area contributed by atoms with E-state index in [0.29, 0.717) is 36.5 Å². The standard InChI is InChI=1S/C22H28FN7O/c1-13(2)15-10-27-20(24-4)16-11-26-19(9-14(15)16)28-18-5-7-25-21(29-18)30-8-6-17(31)22(3,23)12-30/h5,7,9-11,13,17,31H,6,8,12H2,1-4H3,(H,24,27)(H,25,26,28,29). The Hall–Kier alpha value is -3.07. The lowest BCUT2D eigenvalue weighted by Gasteiger charge is -2.38. The Bertz CT molecular complexity index is 1090. The number of aliphatic hydroxyl groups excluding tert-OH is 1. The van der Waals surface area contributed by atoms with Gasteiger partial charge in [0, 0.05) is 37.6 Å². The van der Waals surface area contributed by atoms with Crippen LogP contribution in [-0.4, -0.2) is 57.0 Å². The molecule has 0 bridgehead atoms. The highest BCUT2D eigenvalue weighted by Crippen LogP contribution is 2.31. The Morgan fingerprint density at radius 2 is 2.00 bits per heavy atom. The van der Waals surface area contributed by atoms with Crippen LogP contribution in [0.2, 0.25) is 0 Å². The minimum atomic E-state index is -1.70. The van der Waals surface area contributed by atoms with Crippen molar-refractivity contribution in [1.29, 1.82) is 0 Å². The first kappa shape index (κ1) is 21.2. The van der Waals surface area contributed by atoms with Gasteiger partial charge in [0.25, 0.3) is 0 Å². The zero-order chi connectivity index (χ0) is 22.2. The van der Waals surface area contributed by atoms with Crippen molar-refractivity contribution in [3.63, 3.8) is 0 Å². The molecule has 4 rings (SSSR count). The molecule has 3 aromatic rings. The fraction of sp³-hybridized carbons (Fsp3) is 0.455. The van der Waals surface area contributed by atoms with Gasteiger partial charge in [0.2, 0.25) is 5.95 Å². The summed E-state index contributed by atoms with van der Waals surface area (Å²) in [6.07, 6.45) is 4.68. The molecule has 1 fully saturated rings. The zero-order valence-electron chi connectivity index (χ0n) is 18.2. The van der Waals surface area contributed by atoms with Crippen molar-refractivity contribution in [3.05, 3.63) is 36.3 Å². The van der Waals surface area contributed by atoms with Gasteiger partial charge in [-0.15, -0.1) is 0 Å². The van der Waals surface area contributed by atoms with Gasteiger partial charge in [-0.2, -0.15) is 4.98 Å². The summed E-state index contributed by atoms with van der Waals surface area (Å²) >= 11 is 0.